The van der Waals surface area contributed by atoms with E-state index in [9.17, 15) is 13.6 Å². The molecule has 110 valence electrons. The molecule has 0 saturated carbocycles. The first-order chi connectivity index (χ1) is 9.86. The molecule has 2 aromatic rings. The van der Waals surface area contributed by atoms with Gasteiger partial charge in [0.15, 0.2) is 5.78 Å². The van der Waals surface area contributed by atoms with E-state index in [-0.39, 0.29) is 17.2 Å². The van der Waals surface area contributed by atoms with E-state index >= 15 is 0 Å². The maximum absolute atomic E-state index is 14.0. The summed E-state index contributed by atoms with van der Waals surface area (Å²) in [4.78, 5) is 12.6. The number of ketones is 1. The highest BCUT2D eigenvalue weighted by molar-refractivity contribution is 6.03. The van der Waals surface area contributed by atoms with Gasteiger partial charge < -0.3 is 4.74 Å². The van der Waals surface area contributed by atoms with E-state index in [4.69, 9.17) is 4.74 Å². The fourth-order valence-corrected chi connectivity index (χ4v) is 2.14. The van der Waals surface area contributed by atoms with E-state index in [0.717, 1.165) is 0 Å². The van der Waals surface area contributed by atoms with Gasteiger partial charge in [0.1, 0.15) is 17.4 Å². The predicted octanol–water partition coefficient (Wildman–Crippen LogP) is 4.13. The zero-order valence-corrected chi connectivity index (χ0v) is 12.1. The lowest BCUT2D eigenvalue weighted by Gasteiger charge is -2.24. The summed E-state index contributed by atoms with van der Waals surface area (Å²) in [5.41, 5.74) is -0.336. The van der Waals surface area contributed by atoms with Gasteiger partial charge in [-0.15, -0.1) is 0 Å². The summed E-state index contributed by atoms with van der Waals surface area (Å²) in [6.07, 6.45) is 0. The highest BCUT2D eigenvalue weighted by atomic mass is 19.1. The van der Waals surface area contributed by atoms with E-state index in [1.54, 1.807) is 13.8 Å². The lowest BCUT2D eigenvalue weighted by molar-refractivity contribution is 0.0904. The van der Waals surface area contributed by atoms with Crippen molar-refractivity contribution in [1.82, 2.24) is 0 Å². The van der Waals surface area contributed by atoms with Gasteiger partial charge in [0.2, 0.25) is 0 Å². The van der Waals surface area contributed by atoms with Gasteiger partial charge in [0, 0.05) is 6.07 Å². The number of carbonyl (C=O) groups is 1. The van der Waals surface area contributed by atoms with Gasteiger partial charge in [-0.25, -0.2) is 8.78 Å². The van der Waals surface area contributed by atoms with Crippen LogP contribution in [0.2, 0.25) is 0 Å². The molecule has 2 rings (SSSR count). The number of ether oxygens (including phenoxy) is 1. The largest absolute Gasteiger partial charge is 0.497 e. The molecule has 2 aromatic carbocycles. The van der Waals surface area contributed by atoms with Crippen LogP contribution in [0.3, 0.4) is 0 Å². The normalized spacial score (nSPS) is 11.3. The minimum atomic E-state index is -0.955. The van der Waals surface area contributed by atoms with Crippen LogP contribution in [0.4, 0.5) is 8.78 Å². The molecule has 0 atom stereocenters. The maximum Gasteiger partial charge on any atom is 0.175 e. The molecule has 0 unspecified atom stereocenters. The molecule has 0 fully saturated rings. The second-order valence-corrected chi connectivity index (χ2v) is 5.31. The van der Waals surface area contributed by atoms with Crippen LogP contribution in [0, 0.1) is 11.6 Å². The van der Waals surface area contributed by atoms with Gasteiger partial charge in [0.05, 0.1) is 18.1 Å². The summed E-state index contributed by atoms with van der Waals surface area (Å²) < 4.78 is 31.9. The second kappa shape index (κ2) is 5.64. The molecular formula is C17H16F2O2. The molecule has 0 aliphatic carbocycles. The van der Waals surface area contributed by atoms with E-state index < -0.39 is 11.2 Å². The fraction of sp³-hybridized carbons (Fsp3) is 0.235. The van der Waals surface area contributed by atoms with Crippen LogP contribution >= 0.6 is 0 Å². The molecule has 0 heterocycles. The Bertz CT molecular complexity index is 661. The van der Waals surface area contributed by atoms with Crippen LogP contribution in [0.1, 0.15) is 29.8 Å². The van der Waals surface area contributed by atoms with Crippen molar-refractivity contribution in [1.29, 1.82) is 0 Å². The SMILES string of the molecule is COc1ccc(C(=O)C(C)(C)c2ccc(F)cc2)c(F)c1. The third-order valence-corrected chi connectivity index (χ3v) is 3.55. The minimum absolute atomic E-state index is 0.00914. The monoisotopic (exact) mass is 290 g/mol. The van der Waals surface area contributed by atoms with Crippen LogP contribution in [0.25, 0.3) is 0 Å². The van der Waals surface area contributed by atoms with Crippen LogP contribution < -0.4 is 4.74 Å². The summed E-state index contributed by atoms with van der Waals surface area (Å²) in [5.74, 6) is -1.02. The molecule has 0 radical (unpaired) electrons. The molecule has 2 nitrogen and oxygen atoms in total. The number of methoxy groups -OCH3 is 1. The lowest BCUT2D eigenvalue weighted by atomic mass is 9.78. The molecule has 0 saturated heterocycles. The lowest BCUT2D eigenvalue weighted by Crippen LogP contribution is -2.29. The molecule has 0 aliphatic heterocycles. The first-order valence-electron chi connectivity index (χ1n) is 6.50. The third kappa shape index (κ3) is 2.94. The number of carbonyl (C=O) groups excluding carboxylic acids is 1. The van der Waals surface area contributed by atoms with E-state index in [1.807, 2.05) is 0 Å². The van der Waals surface area contributed by atoms with Gasteiger partial charge in [-0.3, -0.25) is 4.79 Å². The standard InChI is InChI=1S/C17H16F2O2/c1-17(2,11-4-6-12(18)7-5-11)16(20)14-9-8-13(21-3)10-15(14)19/h4-10H,1-3H3. The zero-order chi connectivity index (χ0) is 15.6. The van der Waals surface area contributed by atoms with Crippen LogP contribution in [-0.4, -0.2) is 12.9 Å². The summed E-state index contributed by atoms with van der Waals surface area (Å²) in [5, 5.41) is 0. The molecule has 0 bridgehead atoms. The molecular weight excluding hydrogens is 274 g/mol. The Kier molecular flexibility index (Phi) is 4.07. The number of hydrogen-bond acceptors (Lipinski definition) is 2. The first-order valence-corrected chi connectivity index (χ1v) is 6.50. The van der Waals surface area contributed by atoms with Crippen molar-refractivity contribution in [2.75, 3.05) is 7.11 Å². The van der Waals surface area contributed by atoms with Crippen molar-refractivity contribution >= 4 is 5.78 Å². The Labute approximate surface area is 122 Å². The molecule has 0 aromatic heterocycles. The topological polar surface area (TPSA) is 26.3 Å². The smallest absolute Gasteiger partial charge is 0.175 e. The van der Waals surface area contributed by atoms with E-state index in [1.165, 1.54) is 49.6 Å². The van der Waals surface area contributed by atoms with Gasteiger partial charge in [-0.1, -0.05) is 12.1 Å². The fourth-order valence-electron chi connectivity index (χ4n) is 2.14. The highest BCUT2D eigenvalue weighted by Gasteiger charge is 2.32. The van der Waals surface area contributed by atoms with Gasteiger partial charge in [-0.2, -0.15) is 0 Å². The molecule has 4 heteroatoms. The van der Waals surface area contributed by atoms with Gasteiger partial charge in [-0.05, 0) is 43.7 Å². The zero-order valence-electron chi connectivity index (χ0n) is 12.1. The average Bonchev–Trinajstić information content (AvgIpc) is 2.46. The van der Waals surface area contributed by atoms with Crippen molar-refractivity contribution in [3.63, 3.8) is 0 Å². The minimum Gasteiger partial charge on any atom is -0.497 e. The summed E-state index contributed by atoms with van der Waals surface area (Å²) in [7, 11) is 1.43. The van der Waals surface area contributed by atoms with Crippen LogP contribution in [0.15, 0.2) is 42.5 Å². The Hall–Kier alpha value is -2.23. The molecule has 0 aliphatic rings. The second-order valence-electron chi connectivity index (χ2n) is 5.31. The van der Waals surface area contributed by atoms with Gasteiger partial charge >= 0.3 is 0 Å². The summed E-state index contributed by atoms with van der Waals surface area (Å²) in [6, 6.07) is 9.76. The van der Waals surface area contributed by atoms with Crippen molar-refractivity contribution < 1.29 is 18.3 Å². The van der Waals surface area contributed by atoms with Crippen molar-refractivity contribution in [2.45, 2.75) is 19.3 Å². The summed E-state index contributed by atoms with van der Waals surface area (Å²) >= 11 is 0. The Morgan fingerprint density at radius 2 is 1.67 bits per heavy atom. The molecule has 0 spiro atoms. The summed E-state index contributed by atoms with van der Waals surface area (Å²) in [6.45, 7) is 3.37. The number of benzene rings is 2. The average molecular weight is 290 g/mol. The van der Waals surface area contributed by atoms with Crippen molar-refractivity contribution in [3.8, 4) is 5.75 Å². The van der Waals surface area contributed by atoms with Gasteiger partial charge in [0.25, 0.3) is 0 Å². The predicted molar refractivity (Wildman–Crippen MR) is 76.7 cm³/mol. The Morgan fingerprint density at radius 3 is 2.19 bits per heavy atom. The number of Topliss-reactive ketones (excluding diaryl/α,β-unsaturated/α-hetero) is 1. The number of rotatable bonds is 4. The molecule has 0 N–H and O–H groups in total. The first kappa shape index (κ1) is 15.2. The van der Waals surface area contributed by atoms with Crippen LogP contribution in [0.5, 0.6) is 5.75 Å². The Morgan fingerprint density at radius 1 is 1.05 bits per heavy atom. The quantitative estimate of drug-likeness (QED) is 0.791. The Balaban J connectivity index is 2.40. The number of hydrogen-bond donors (Lipinski definition) is 0. The number of halogens is 2. The maximum atomic E-state index is 14.0. The van der Waals surface area contributed by atoms with E-state index in [2.05, 4.69) is 0 Å². The van der Waals surface area contributed by atoms with Crippen molar-refractivity contribution in [2.24, 2.45) is 0 Å². The highest BCUT2D eigenvalue weighted by Crippen LogP contribution is 2.29. The van der Waals surface area contributed by atoms with E-state index in [0.29, 0.717) is 11.3 Å². The molecule has 21 heavy (non-hydrogen) atoms. The van der Waals surface area contributed by atoms with Crippen molar-refractivity contribution in [3.05, 3.63) is 65.2 Å². The molecule has 0 amide bonds. The van der Waals surface area contributed by atoms with Crippen LogP contribution in [-0.2, 0) is 5.41 Å². The third-order valence-electron chi connectivity index (χ3n) is 3.55.